The lowest BCUT2D eigenvalue weighted by Crippen LogP contribution is -2.65. The minimum Gasteiger partial charge on any atom is -0.497 e. The molecule has 2 aliphatic rings. The van der Waals surface area contributed by atoms with E-state index in [0.717, 1.165) is 30.4 Å². The Labute approximate surface area is 451 Å². The van der Waals surface area contributed by atoms with Gasteiger partial charge in [0.1, 0.15) is 29.8 Å². The average molecular weight is 1090 g/mol. The van der Waals surface area contributed by atoms with Crippen LogP contribution in [-0.4, -0.2) is 103 Å². The minimum absolute atomic E-state index is 0.00727. The zero-order valence-corrected chi connectivity index (χ0v) is 45.8. The molecule has 15 nitrogen and oxygen atoms in total. The van der Waals surface area contributed by atoms with Crippen molar-refractivity contribution in [2.24, 2.45) is 5.92 Å². The predicted molar refractivity (Wildman–Crippen MR) is 282 cm³/mol. The predicted octanol–water partition coefficient (Wildman–Crippen LogP) is 11.8. The molecule has 5 rings (SSSR count). The van der Waals surface area contributed by atoms with Gasteiger partial charge >= 0.3 is 17.9 Å². The van der Waals surface area contributed by atoms with Gasteiger partial charge in [-0.25, -0.2) is 4.79 Å². The molecule has 3 aromatic carbocycles. The molecule has 18 heteroatoms. The smallest absolute Gasteiger partial charge is 0.331 e. The van der Waals surface area contributed by atoms with Gasteiger partial charge in [-0.3, -0.25) is 15.0 Å². The van der Waals surface area contributed by atoms with Gasteiger partial charge in [-0.15, -0.1) is 0 Å². The number of methoxy groups -OCH3 is 2. The molecule has 0 amide bonds. The summed E-state index contributed by atoms with van der Waals surface area (Å²) in [7, 11) is 3.13. The number of hydrogen-bond acceptors (Lipinski definition) is 15. The molecular formula is C56H74Cl3NO14. The Morgan fingerprint density at radius 3 is 1.69 bits per heavy atom. The highest BCUT2D eigenvalue weighted by Crippen LogP contribution is 2.38. The van der Waals surface area contributed by atoms with Crippen LogP contribution >= 0.6 is 34.8 Å². The standard InChI is InChI=1S/C56H74Cl3NO14/c1-8-10-11-12-13-14-15-16-20-23-44(61)70-46-37(4)68-53(50(71-45(62)33-28-39-21-18-17-19-22-39)48(46)66-34-40-24-29-42(64-6)30-25-40)73-47-38(5)69-54(74-55(60)56(57,58)59)51(72-52(63)36(3)9-2)49(47)67-35-41-26-31-43(65-7)32-27-41/h17-19,21-22,24-33,36-38,46-51,53-54,60H,8-16,20,23,34-35H2,1-7H3/b33-28+,60-55?/t36-,37-,38-,46-,47-,48+,49+,50+,51+,53-,54-/m0/s1. The number of halogens is 3. The van der Waals surface area contributed by atoms with Gasteiger partial charge in [-0.2, -0.15) is 0 Å². The van der Waals surface area contributed by atoms with Crippen LogP contribution in [0.4, 0.5) is 0 Å². The van der Waals surface area contributed by atoms with Crippen molar-refractivity contribution in [3.8, 4) is 11.5 Å². The molecule has 2 heterocycles. The molecule has 0 aliphatic carbocycles. The SMILES string of the molecule is CCCCCCCCCCCC(=O)O[C@@H]1[C@@H](OCc2ccc(OC)cc2)[C@@H](OC(=O)/C=C/c2ccccc2)[C@H](O[C@@H]2[C@@H](OCc3ccc(OC)cc3)[C@@H](OC(=O)[C@@H](C)CC)[C@H](OC(=N)C(Cl)(Cl)Cl)O[C@H]2C)O[C@H]1C. The van der Waals surface area contributed by atoms with Crippen LogP contribution in [0, 0.1) is 11.3 Å². The van der Waals surface area contributed by atoms with E-state index in [4.69, 9.17) is 92.3 Å². The van der Waals surface area contributed by atoms with E-state index in [1.54, 1.807) is 77.5 Å². The topological polar surface area (TPSA) is 177 Å². The van der Waals surface area contributed by atoms with Crippen LogP contribution in [-0.2, 0) is 70.2 Å². The normalized spacial score (nSPS) is 24.4. The number of benzene rings is 3. The summed E-state index contributed by atoms with van der Waals surface area (Å²) in [6.45, 7) is 9.03. The van der Waals surface area contributed by atoms with Crippen molar-refractivity contribution in [2.45, 2.75) is 184 Å². The summed E-state index contributed by atoms with van der Waals surface area (Å²) in [6, 6.07) is 23.6. The van der Waals surface area contributed by atoms with Gasteiger partial charge in [-0.1, -0.05) is 162 Å². The summed E-state index contributed by atoms with van der Waals surface area (Å²) in [5.74, 6) is -1.98. The number of esters is 3. The second-order valence-corrected chi connectivity index (χ2v) is 20.9. The van der Waals surface area contributed by atoms with Crippen molar-refractivity contribution in [1.82, 2.24) is 0 Å². The Morgan fingerprint density at radius 2 is 1.15 bits per heavy atom. The summed E-state index contributed by atoms with van der Waals surface area (Å²) in [5.41, 5.74) is 2.19. The molecule has 0 spiro atoms. The number of alkyl halides is 3. The Hall–Kier alpha value is -4.45. The highest BCUT2D eigenvalue weighted by molar-refractivity contribution is 6.76. The molecule has 2 fully saturated rings. The molecule has 1 N–H and O–H groups in total. The van der Waals surface area contributed by atoms with Gasteiger partial charge in [0.25, 0.3) is 3.79 Å². The van der Waals surface area contributed by atoms with E-state index >= 15 is 0 Å². The van der Waals surface area contributed by atoms with Gasteiger partial charge in [0.05, 0.1) is 45.6 Å². The monoisotopic (exact) mass is 1090 g/mol. The quantitative estimate of drug-likeness (QED) is 0.0138. The highest BCUT2D eigenvalue weighted by atomic mass is 35.6. The van der Waals surface area contributed by atoms with Crippen molar-refractivity contribution in [3.63, 3.8) is 0 Å². The molecule has 0 unspecified atom stereocenters. The first-order valence-corrected chi connectivity index (χ1v) is 26.8. The molecule has 408 valence electrons. The number of nitrogens with one attached hydrogen (secondary N) is 1. The molecule has 74 heavy (non-hydrogen) atoms. The van der Waals surface area contributed by atoms with E-state index in [0.29, 0.717) is 29.9 Å². The van der Waals surface area contributed by atoms with Gasteiger partial charge in [0.2, 0.25) is 12.2 Å². The maximum Gasteiger partial charge on any atom is 0.331 e. The average Bonchev–Trinajstić information content (AvgIpc) is 3.39. The maximum absolute atomic E-state index is 14.1. The largest absolute Gasteiger partial charge is 0.497 e. The number of hydrogen-bond donors (Lipinski definition) is 1. The number of unbranched alkanes of at least 4 members (excludes halogenated alkanes) is 8. The zero-order chi connectivity index (χ0) is 53.6. The lowest BCUT2D eigenvalue weighted by atomic mass is 9.96. The fraction of sp³-hybridized carbons (Fsp3) is 0.571. The third-order valence-electron chi connectivity index (χ3n) is 12.9. The second kappa shape index (κ2) is 30.9. The first-order valence-electron chi connectivity index (χ1n) is 25.7. The second-order valence-electron chi connectivity index (χ2n) is 18.6. The first-order chi connectivity index (χ1) is 35.5. The van der Waals surface area contributed by atoms with E-state index in [2.05, 4.69) is 6.92 Å². The summed E-state index contributed by atoms with van der Waals surface area (Å²) in [5, 5.41) is 8.48. The van der Waals surface area contributed by atoms with Crippen molar-refractivity contribution in [1.29, 1.82) is 5.41 Å². The van der Waals surface area contributed by atoms with E-state index in [1.807, 2.05) is 49.4 Å². The van der Waals surface area contributed by atoms with Crippen molar-refractivity contribution < 1.29 is 66.5 Å². The Balaban J connectivity index is 1.53. The van der Waals surface area contributed by atoms with Crippen LogP contribution in [0.2, 0.25) is 0 Å². The molecule has 2 saturated heterocycles. The Morgan fingerprint density at radius 1 is 0.635 bits per heavy atom. The summed E-state index contributed by atoms with van der Waals surface area (Å²) in [4.78, 5) is 41.6. The van der Waals surface area contributed by atoms with E-state index in [-0.39, 0.29) is 19.6 Å². The van der Waals surface area contributed by atoms with E-state index in [9.17, 15) is 14.4 Å². The molecule has 0 saturated carbocycles. The molecule has 0 bridgehead atoms. The Kier molecular flexibility index (Phi) is 25.3. The van der Waals surface area contributed by atoms with Gasteiger partial charge in [0, 0.05) is 12.5 Å². The first kappa shape index (κ1) is 60.4. The minimum atomic E-state index is -2.31. The molecular weight excluding hydrogens is 1020 g/mol. The fourth-order valence-corrected chi connectivity index (χ4v) is 8.54. The molecule has 11 atom stereocenters. The molecule has 2 aliphatic heterocycles. The van der Waals surface area contributed by atoms with Crippen LogP contribution in [0.15, 0.2) is 84.9 Å². The summed E-state index contributed by atoms with van der Waals surface area (Å²) < 4.78 is 66.3. The summed E-state index contributed by atoms with van der Waals surface area (Å²) in [6.07, 6.45) is 0.656. The van der Waals surface area contributed by atoms with E-state index < -0.39 is 94.9 Å². The van der Waals surface area contributed by atoms with Crippen molar-refractivity contribution in [3.05, 3.63) is 102 Å². The van der Waals surface area contributed by atoms with Crippen molar-refractivity contribution >= 4 is 64.7 Å². The summed E-state index contributed by atoms with van der Waals surface area (Å²) >= 11 is 18.3. The number of carbonyl (C=O) groups is 3. The van der Waals surface area contributed by atoms with Crippen molar-refractivity contribution in [2.75, 3.05) is 14.2 Å². The number of ether oxygens (including phenoxy) is 11. The zero-order valence-electron chi connectivity index (χ0n) is 43.6. The highest BCUT2D eigenvalue weighted by Gasteiger charge is 2.56. The number of carbonyl (C=O) groups excluding carboxylic acids is 3. The molecule has 0 radical (unpaired) electrons. The lowest BCUT2D eigenvalue weighted by Gasteiger charge is -2.48. The Bertz CT molecular complexity index is 2190. The van der Waals surface area contributed by atoms with Gasteiger partial charge < -0.3 is 52.1 Å². The van der Waals surface area contributed by atoms with E-state index in [1.165, 1.54) is 38.2 Å². The molecule has 0 aromatic heterocycles. The number of rotatable bonds is 28. The van der Waals surface area contributed by atoms with Gasteiger partial charge in [0.15, 0.2) is 24.6 Å². The van der Waals surface area contributed by atoms with Crippen LogP contribution in [0.3, 0.4) is 0 Å². The van der Waals surface area contributed by atoms with Gasteiger partial charge in [-0.05, 0) is 73.7 Å². The third kappa shape index (κ3) is 19.0. The van der Waals surface area contributed by atoms with Crippen LogP contribution < -0.4 is 9.47 Å². The van der Waals surface area contributed by atoms with Crippen LogP contribution in [0.25, 0.3) is 6.08 Å². The van der Waals surface area contributed by atoms with Crippen LogP contribution in [0.5, 0.6) is 11.5 Å². The molecule has 3 aromatic rings. The third-order valence-corrected chi connectivity index (χ3v) is 13.4. The van der Waals surface area contributed by atoms with Crippen LogP contribution in [0.1, 0.15) is 122 Å². The fourth-order valence-electron chi connectivity index (χ4n) is 8.41. The maximum atomic E-state index is 14.1. The lowest BCUT2D eigenvalue weighted by molar-refractivity contribution is -0.355.